The summed E-state index contributed by atoms with van der Waals surface area (Å²) in [6.07, 6.45) is 9.51. The first-order valence-corrected chi connectivity index (χ1v) is 7.43. The van der Waals surface area contributed by atoms with E-state index >= 15 is 0 Å². The van der Waals surface area contributed by atoms with Crippen LogP contribution in [0.15, 0.2) is 24.3 Å². The summed E-state index contributed by atoms with van der Waals surface area (Å²) in [6, 6.07) is 7.91. The first-order valence-electron chi connectivity index (χ1n) is 7.43. The number of methoxy groups -OCH3 is 1. The minimum atomic E-state index is 0.0640. The summed E-state index contributed by atoms with van der Waals surface area (Å²) in [5.74, 6) is 3.63. The second kappa shape index (κ2) is 9.07. The molecule has 0 fully saturated rings. The molecule has 114 valence electrons. The number of ether oxygens (including phenoxy) is 1. The van der Waals surface area contributed by atoms with Crippen LogP contribution in [0.5, 0.6) is 5.75 Å². The number of unbranched alkanes of at least 4 members (excludes halogenated alkanes) is 3. The molecule has 3 nitrogen and oxygen atoms in total. The second-order valence-corrected chi connectivity index (χ2v) is 5.22. The lowest BCUT2D eigenvalue weighted by molar-refractivity contribution is -0.131. The fraction of sp³-hybridized carbons (Fsp3) is 0.500. The number of hydrogen-bond donors (Lipinski definition) is 0. The third kappa shape index (κ3) is 5.51. The van der Waals surface area contributed by atoms with Gasteiger partial charge in [-0.1, -0.05) is 18.6 Å². The monoisotopic (exact) mass is 287 g/mol. The predicted octanol–water partition coefficient (Wildman–Crippen LogP) is 3.80. The van der Waals surface area contributed by atoms with Gasteiger partial charge in [-0.15, -0.1) is 12.3 Å². The highest BCUT2D eigenvalue weighted by Gasteiger charge is 2.16. The molecule has 0 bridgehead atoms. The lowest BCUT2D eigenvalue weighted by Crippen LogP contribution is -2.29. The maximum atomic E-state index is 12.2. The van der Waals surface area contributed by atoms with E-state index in [4.69, 9.17) is 11.2 Å². The molecule has 0 N–H and O–H groups in total. The Morgan fingerprint density at radius 2 is 1.95 bits per heavy atom. The number of terminal acetylenes is 1. The van der Waals surface area contributed by atoms with Gasteiger partial charge in [-0.2, -0.15) is 0 Å². The average molecular weight is 287 g/mol. The van der Waals surface area contributed by atoms with Crippen LogP contribution in [-0.4, -0.2) is 25.0 Å². The van der Waals surface area contributed by atoms with Gasteiger partial charge in [-0.3, -0.25) is 4.79 Å². The molecule has 1 aromatic rings. The number of carbonyl (C=O) groups is 1. The second-order valence-electron chi connectivity index (χ2n) is 5.22. The van der Waals surface area contributed by atoms with Gasteiger partial charge >= 0.3 is 0 Å². The van der Waals surface area contributed by atoms with Crippen LogP contribution in [0.2, 0.25) is 0 Å². The third-order valence-electron chi connectivity index (χ3n) is 3.78. The average Bonchev–Trinajstić information content (AvgIpc) is 2.53. The van der Waals surface area contributed by atoms with E-state index in [0.29, 0.717) is 6.42 Å². The Morgan fingerprint density at radius 1 is 1.29 bits per heavy atom. The SMILES string of the molecule is C#CCCCCCC(=O)N(C)C(C)c1ccc(OC)cc1. The summed E-state index contributed by atoms with van der Waals surface area (Å²) >= 11 is 0. The molecule has 0 aliphatic carbocycles. The highest BCUT2D eigenvalue weighted by Crippen LogP contribution is 2.22. The van der Waals surface area contributed by atoms with Gasteiger partial charge in [-0.05, 0) is 37.5 Å². The van der Waals surface area contributed by atoms with Gasteiger partial charge in [0, 0.05) is 19.9 Å². The lowest BCUT2D eigenvalue weighted by Gasteiger charge is -2.25. The molecule has 21 heavy (non-hydrogen) atoms. The first kappa shape index (κ1) is 17.1. The molecule has 0 spiro atoms. The van der Waals surface area contributed by atoms with E-state index in [2.05, 4.69) is 5.92 Å². The van der Waals surface area contributed by atoms with Gasteiger partial charge in [0.15, 0.2) is 0 Å². The Balaban J connectivity index is 2.46. The number of amides is 1. The number of benzene rings is 1. The van der Waals surface area contributed by atoms with E-state index in [0.717, 1.165) is 37.0 Å². The molecule has 0 radical (unpaired) electrons. The van der Waals surface area contributed by atoms with Gasteiger partial charge in [0.25, 0.3) is 0 Å². The Hall–Kier alpha value is -1.95. The van der Waals surface area contributed by atoms with Crippen LogP contribution in [0.1, 0.15) is 50.6 Å². The zero-order chi connectivity index (χ0) is 15.7. The Bertz CT molecular complexity index is 473. The summed E-state index contributed by atoms with van der Waals surface area (Å²) < 4.78 is 5.15. The van der Waals surface area contributed by atoms with E-state index in [-0.39, 0.29) is 11.9 Å². The molecule has 0 aromatic heterocycles. The first-order chi connectivity index (χ1) is 10.1. The summed E-state index contributed by atoms with van der Waals surface area (Å²) in [6.45, 7) is 2.04. The van der Waals surface area contributed by atoms with Crippen LogP contribution in [0.25, 0.3) is 0 Å². The van der Waals surface area contributed by atoms with Crippen LogP contribution >= 0.6 is 0 Å². The fourth-order valence-electron chi connectivity index (χ4n) is 2.18. The maximum absolute atomic E-state index is 12.2. The predicted molar refractivity (Wildman–Crippen MR) is 86.1 cm³/mol. The maximum Gasteiger partial charge on any atom is 0.222 e. The number of carbonyl (C=O) groups excluding carboxylic acids is 1. The molecule has 1 rings (SSSR count). The van der Waals surface area contributed by atoms with Crippen molar-refractivity contribution < 1.29 is 9.53 Å². The standard InChI is InChI=1S/C18H25NO2/c1-5-6-7-8-9-10-18(20)19(3)15(2)16-11-13-17(21-4)14-12-16/h1,11-15H,6-10H2,2-4H3. The summed E-state index contributed by atoms with van der Waals surface area (Å²) in [4.78, 5) is 14.0. The smallest absolute Gasteiger partial charge is 0.222 e. The zero-order valence-electron chi connectivity index (χ0n) is 13.3. The molecule has 0 heterocycles. The molecule has 0 saturated carbocycles. The van der Waals surface area contributed by atoms with Crippen molar-refractivity contribution >= 4 is 5.91 Å². The topological polar surface area (TPSA) is 29.5 Å². The van der Waals surface area contributed by atoms with Crippen LogP contribution in [0, 0.1) is 12.3 Å². The molecule has 3 heteroatoms. The summed E-state index contributed by atoms with van der Waals surface area (Å²) in [7, 11) is 3.51. The van der Waals surface area contributed by atoms with Crippen LogP contribution < -0.4 is 4.74 Å². The Kier molecular flexibility index (Phi) is 7.39. The normalized spacial score (nSPS) is 11.5. The molecule has 1 unspecified atom stereocenters. The third-order valence-corrected chi connectivity index (χ3v) is 3.78. The van der Waals surface area contributed by atoms with Crippen molar-refractivity contribution in [2.75, 3.05) is 14.2 Å². The van der Waals surface area contributed by atoms with E-state index in [1.807, 2.05) is 43.1 Å². The van der Waals surface area contributed by atoms with Gasteiger partial charge in [0.2, 0.25) is 5.91 Å². The minimum Gasteiger partial charge on any atom is -0.497 e. The fourth-order valence-corrected chi connectivity index (χ4v) is 2.18. The van der Waals surface area contributed by atoms with Gasteiger partial charge in [-0.25, -0.2) is 0 Å². The largest absolute Gasteiger partial charge is 0.497 e. The molecule has 1 atom stereocenters. The quantitative estimate of drug-likeness (QED) is 0.537. The molecule has 0 aliphatic rings. The van der Waals surface area contributed by atoms with E-state index in [9.17, 15) is 4.79 Å². The highest BCUT2D eigenvalue weighted by molar-refractivity contribution is 5.76. The van der Waals surface area contributed by atoms with Gasteiger partial charge < -0.3 is 9.64 Å². The van der Waals surface area contributed by atoms with Crippen LogP contribution in [-0.2, 0) is 4.79 Å². The van der Waals surface area contributed by atoms with Crippen molar-refractivity contribution in [1.82, 2.24) is 4.90 Å². The molecule has 1 amide bonds. The van der Waals surface area contributed by atoms with Crippen molar-refractivity contribution in [3.05, 3.63) is 29.8 Å². The molecular weight excluding hydrogens is 262 g/mol. The van der Waals surface area contributed by atoms with Crippen LogP contribution in [0.3, 0.4) is 0 Å². The zero-order valence-corrected chi connectivity index (χ0v) is 13.3. The van der Waals surface area contributed by atoms with Crippen molar-refractivity contribution in [2.45, 2.75) is 45.1 Å². The van der Waals surface area contributed by atoms with E-state index in [1.54, 1.807) is 7.11 Å². The van der Waals surface area contributed by atoms with Crippen molar-refractivity contribution in [1.29, 1.82) is 0 Å². The van der Waals surface area contributed by atoms with Crippen molar-refractivity contribution in [3.8, 4) is 18.1 Å². The minimum absolute atomic E-state index is 0.0640. The molecule has 0 aliphatic heterocycles. The van der Waals surface area contributed by atoms with Gasteiger partial charge in [0.05, 0.1) is 13.2 Å². The van der Waals surface area contributed by atoms with Crippen molar-refractivity contribution in [3.63, 3.8) is 0 Å². The van der Waals surface area contributed by atoms with Crippen LogP contribution in [0.4, 0.5) is 0 Å². The van der Waals surface area contributed by atoms with E-state index < -0.39 is 0 Å². The van der Waals surface area contributed by atoms with E-state index in [1.165, 1.54) is 0 Å². The highest BCUT2D eigenvalue weighted by atomic mass is 16.5. The number of rotatable bonds is 8. The van der Waals surface area contributed by atoms with Gasteiger partial charge in [0.1, 0.15) is 5.75 Å². The number of hydrogen-bond acceptors (Lipinski definition) is 2. The summed E-state index contributed by atoms with van der Waals surface area (Å²) in [5, 5.41) is 0. The van der Waals surface area contributed by atoms with Crippen molar-refractivity contribution in [2.24, 2.45) is 0 Å². The molecular formula is C18H25NO2. The Labute approximate surface area is 128 Å². The Morgan fingerprint density at radius 3 is 2.52 bits per heavy atom. The lowest BCUT2D eigenvalue weighted by atomic mass is 10.1. The number of nitrogens with zero attached hydrogens (tertiary/aromatic N) is 1. The molecule has 1 aromatic carbocycles. The molecule has 0 saturated heterocycles. The summed E-state index contributed by atoms with van der Waals surface area (Å²) in [5.41, 5.74) is 1.11.